The normalized spacial score (nSPS) is 14.7. The van der Waals surface area contributed by atoms with Crippen LogP contribution in [-0.4, -0.2) is 30.3 Å². The Hall–Kier alpha value is -0.370. The number of rotatable bonds is 4. The smallest absolute Gasteiger partial charge is 0.146 e. The number of ketones is 1. The molecule has 0 N–H and O–H groups in total. The van der Waals surface area contributed by atoms with Gasteiger partial charge in [-0.05, 0) is 19.4 Å². The lowest BCUT2D eigenvalue weighted by Gasteiger charge is -2.34. The first kappa shape index (κ1) is 12.6. The van der Waals surface area contributed by atoms with Crippen molar-refractivity contribution in [3.63, 3.8) is 0 Å². The van der Waals surface area contributed by atoms with E-state index in [1.54, 1.807) is 0 Å². The Morgan fingerprint density at radius 3 is 2.15 bits per heavy atom. The summed E-state index contributed by atoms with van der Waals surface area (Å²) >= 11 is 0. The molecule has 0 bridgehead atoms. The average molecular weight is 185 g/mol. The summed E-state index contributed by atoms with van der Waals surface area (Å²) in [5, 5.41) is 0. The van der Waals surface area contributed by atoms with Crippen LogP contribution in [0.15, 0.2) is 0 Å². The van der Waals surface area contributed by atoms with Crippen LogP contribution < -0.4 is 0 Å². The van der Waals surface area contributed by atoms with Gasteiger partial charge < -0.3 is 0 Å². The van der Waals surface area contributed by atoms with Crippen LogP contribution in [0.3, 0.4) is 0 Å². The molecular weight excluding hydrogens is 162 g/mol. The lowest BCUT2D eigenvalue weighted by atomic mass is 9.87. The topological polar surface area (TPSA) is 20.3 Å². The van der Waals surface area contributed by atoms with Crippen LogP contribution in [-0.2, 0) is 4.79 Å². The van der Waals surface area contributed by atoms with E-state index in [0.29, 0.717) is 24.8 Å². The van der Waals surface area contributed by atoms with Crippen molar-refractivity contribution in [3.8, 4) is 0 Å². The Labute approximate surface area is 82.3 Å². The highest BCUT2D eigenvalue weighted by molar-refractivity contribution is 5.80. The van der Waals surface area contributed by atoms with Crippen molar-refractivity contribution >= 4 is 5.78 Å². The quantitative estimate of drug-likeness (QED) is 0.670. The highest BCUT2D eigenvalue weighted by atomic mass is 16.1. The molecule has 0 radical (unpaired) electrons. The van der Waals surface area contributed by atoms with Crippen LogP contribution in [0.2, 0.25) is 0 Å². The van der Waals surface area contributed by atoms with Gasteiger partial charge in [0, 0.05) is 12.5 Å². The van der Waals surface area contributed by atoms with Crippen molar-refractivity contribution in [3.05, 3.63) is 0 Å². The Balaban J connectivity index is 4.11. The summed E-state index contributed by atoms with van der Waals surface area (Å²) in [6, 6.07) is 0.433. The van der Waals surface area contributed by atoms with Crippen molar-refractivity contribution in [1.82, 2.24) is 4.90 Å². The highest BCUT2D eigenvalue weighted by Crippen LogP contribution is 2.22. The van der Waals surface area contributed by atoms with Crippen LogP contribution in [0.25, 0.3) is 0 Å². The molecule has 0 rings (SSSR count). The highest BCUT2D eigenvalue weighted by Gasteiger charge is 2.24. The molecule has 0 heterocycles. The molecule has 1 atom stereocenters. The number of carbonyl (C=O) groups excluding carboxylic acids is 1. The van der Waals surface area contributed by atoms with E-state index < -0.39 is 0 Å². The van der Waals surface area contributed by atoms with Gasteiger partial charge in [-0.1, -0.05) is 27.7 Å². The van der Waals surface area contributed by atoms with E-state index in [2.05, 4.69) is 32.6 Å². The molecule has 13 heavy (non-hydrogen) atoms. The molecule has 0 aliphatic rings. The SMILES string of the molecule is CCC(=O)CN(C)C(C)C(C)(C)C. The number of hydrogen-bond acceptors (Lipinski definition) is 2. The minimum atomic E-state index is 0.239. The predicted octanol–water partition coefficient (Wildman–Crippen LogP) is 2.33. The molecule has 0 aliphatic heterocycles. The lowest BCUT2D eigenvalue weighted by Crippen LogP contribution is -2.41. The molecule has 0 aromatic carbocycles. The number of nitrogens with zero attached hydrogens (tertiary/aromatic N) is 1. The van der Waals surface area contributed by atoms with Gasteiger partial charge in [0.1, 0.15) is 5.78 Å². The summed E-state index contributed by atoms with van der Waals surface area (Å²) < 4.78 is 0. The Bertz CT molecular complexity index is 169. The fraction of sp³-hybridized carbons (Fsp3) is 0.909. The van der Waals surface area contributed by atoms with Crippen molar-refractivity contribution < 1.29 is 4.79 Å². The number of Topliss-reactive ketones (excluding diaryl/α,β-unsaturated/α-hetero) is 1. The molecule has 0 amide bonds. The summed E-state index contributed by atoms with van der Waals surface area (Å²) in [7, 11) is 2.02. The van der Waals surface area contributed by atoms with Crippen molar-refractivity contribution in [1.29, 1.82) is 0 Å². The summed E-state index contributed by atoms with van der Waals surface area (Å²) in [6.45, 7) is 11.3. The maximum atomic E-state index is 11.2. The Morgan fingerprint density at radius 1 is 1.38 bits per heavy atom. The number of carbonyl (C=O) groups is 1. The maximum absolute atomic E-state index is 11.2. The second-order valence-electron chi connectivity index (χ2n) is 4.85. The van der Waals surface area contributed by atoms with Gasteiger partial charge in [-0.2, -0.15) is 0 Å². The van der Waals surface area contributed by atoms with Crippen LogP contribution in [0, 0.1) is 5.41 Å². The van der Waals surface area contributed by atoms with Crippen LogP contribution in [0.1, 0.15) is 41.0 Å². The fourth-order valence-corrected chi connectivity index (χ4v) is 1.19. The zero-order chi connectivity index (χ0) is 10.6. The monoisotopic (exact) mass is 185 g/mol. The minimum Gasteiger partial charge on any atom is -0.298 e. The van der Waals surface area contributed by atoms with Gasteiger partial charge in [0.25, 0.3) is 0 Å². The average Bonchev–Trinajstić information content (AvgIpc) is 2.01. The third-order valence-corrected chi connectivity index (χ3v) is 2.73. The first-order valence-electron chi connectivity index (χ1n) is 5.01. The van der Waals surface area contributed by atoms with Gasteiger partial charge in [-0.15, -0.1) is 0 Å². The Morgan fingerprint density at radius 2 is 1.85 bits per heavy atom. The Kier molecular flexibility index (Phi) is 4.62. The predicted molar refractivity (Wildman–Crippen MR) is 56.8 cm³/mol. The molecule has 0 saturated heterocycles. The van der Waals surface area contributed by atoms with Gasteiger partial charge >= 0.3 is 0 Å². The summed E-state index contributed by atoms with van der Waals surface area (Å²) in [5.74, 6) is 0.318. The zero-order valence-electron chi connectivity index (χ0n) is 9.85. The number of hydrogen-bond donors (Lipinski definition) is 0. The van der Waals surface area contributed by atoms with E-state index in [1.165, 1.54) is 0 Å². The second kappa shape index (κ2) is 4.75. The van der Waals surface area contributed by atoms with Gasteiger partial charge in [-0.25, -0.2) is 0 Å². The van der Waals surface area contributed by atoms with E-state index in [9.17, 15) is 4.79 Å². The largest absolute Gasteiger partial charge is 0.298 e. The molecule has 0 spiro atoms. The third kappa shape index (κ3) is 4.41. The molecule has 1 unspecified atom stereocenters. The van der Waals surface area contributed by atoms with Gasteiger partial charge in [0.15, 0.2) is 0 Å². The maximum Gasteiger partial charge on any atom is 0.146 e. The molecule has 0 fully saturated rings. The summed E-state index contributed by atoms with van der Waals surface area (Å²) in [5.41, 5.74) is 0.239. The van der Waals surface area contributed by atoms with Crippen LogP contribution in [0.4, 0.5) is 0 Å². The molecule has 0 saturated carbocycles. The fourth-order valence-electron chi connectivity index (χ4n) is 1.19. The summed E-state index contributed by atoms with van der Waals surface area (Å²) in [6.07, 6.45) is 0.640. The zero-order valence-corrected chi connectivity index (χ0v) is 9.85. The van der Waals surface area contributed by atoms with Crippen molar-refractivity contribution in [2.75, 3.05) is 13.6 Å². The van der Waals surface area contributed by atoms with E-state index in [1.807, 2.05) is 14.0 Å². The molecule has 0 aliphatic carbocycles. The van der Waals surface area contributed by atoms with E-state index >= 15 is 0 Å². The molecule has 0 aromatic rings. The van der Waals surface area contributed by atoms with Gasteiger partial charge in [0.2, 0.25) is 0 Å². The molecule has 78 valence electrons. The van der Waals surface area contributed by atoms with E-state index in [0.717, 1.165) is 0 Å². The standard InChI is InChI=1S/C11H23NO/c1-7-10(13)8-12(6)9(2)11(3,4)5/h9H,7-8H2,1-6H3. The first-order valence-corrected chi connectivity index (χ1v) is 5.01. The van der Waals surface area contributed by atoms with Gasteiger partial charge in [-0.3, -0.25) is 9.69 Å². The van der Waals surface area contributed by atoms with Crippen LogP contribution >= 0.6 is 0 Å². The van der Waals surface area contributed by atoms with E-state index in [4.69, 9.17) is 0 Å². The molecule has 2 heteroatoms. The van der Waals surface area contributed by atoms with Crippen molar-refractivity contribution in [2.24, 2.45) is 5.41 Å². The van der Waals surface area contributed by atoms with E-state index in [-0.39, 0.29) is 5.41 Å². The third-order valence-electron chi connectivity index (χ3n) is 2.73. The first-order chi connectivity index (χ1) is 5.79. The molecular formula is C11H23NO. The molecule has 0 aromatic heterocycles. The van der Waals surface area contributed by atoms with Gasteiger partial charge in [0.05, 0.1) is 6.54 Å². The lowest BCUT2D eigenvalue weighted by molar-refractivity contribution is -0.120. The summed E-state index contributed by atoms with van der Waals surface area (Å²) in [4.78, 5) is 13.3. The van der Waals surface area contributed by atoms with Crippen LogP contribution in [0.5, 0.6) is 0 Å². The minimum absolute atomic E-state index is 0.239. The van der Waals surface area contributed by atoms with Crippen molar-refractivity contribution in [2.45, 2.75) is 47.1 Å². The number of likely N-dealkylation sites (N-methyl/N-ethyl adjacent to an activating group) is 1. The second-order valence-corrected chi connectivity index (χ2v) is 4.85. The molecule has 2 nitrogen and oxygen atoms in total.